The molecule has 7 heteroatoms. The number of carbonyl (C=O) groups is 1. The molecule has 1 aliphatic rings. The van der Waals surface area contributed by atoms with E-state index in [2.05, 4.69) is 17.4 Å². The average Bonchev–Trinajstić information content (AvgIpc) is 2.96. The van der Waals surface area contributed by atoms with E-state index in [0.29, 0.717) is 5.69 Å². The average molecular weight is 315 g/mol. The zero-order chi connectivity index (χ0) is 16.2. The van der Waals surface area contributed by atoms with E-state index in [9.17, 15) is 9.59 Å². The van der Waals surface area contributed by atoms with Crippen molar-refractivity contribution in [1.29, 1.82) is 0 Å². The number of piperidine rings is 1. The second-order valence-corrected chi connectivity index (χ2v) is 5.81. The number of benzene rings is 1. The first-order valence-electron chi connectivity index (χ1n) is 8.08. The van der Waals surface area contributed by atoms with Crippen LogP contribution >= 0.6 is 0 Å². The number of likely N-dealkylation sites (tertiary alicyclic amines) is 1. The zero-order valence-electron chi connectivity index (χ0n) is 13.3. The third kappa shape index (κ3) is 3.18. The van der Waals surface area contributed by atoms with Crippen molar-refractivity contribution in [3.05, 3.63) is 40.8 Å². The van der Waals surface area contributed by atoms with Gasteiger partial charge in [0.05, 0.1) is 5.69 Å². The third-order valence-electron chi connectivity index (χ3n) is 4.34. The number of amides is 1. The molecule has 0 saturated carbocycles. The van der Waals surface area contributed by atoms with E-state index >= 15 is 0 Å². The van der Waals surface area contributed by atoms with Gasteiger partial charge in [-0.3, -0.25) is 4.79 Å². The second kappa shape index (κ2) is 6.76. The number of rotatable bonds is 4. The smallest absolute Gasteiger partial charge is 0.338 e. The largest absolute Gasteiger partial charge is 0.368 e. The summed E-state index contributed by atoms with van der Waals surface area (Å²) in [5, 5.41) is 7.72. The lowest BCUT2D eigenvalue weighted by molar-refractivity contribution is -0.135. The molecule has 0 aliphatic carbocycles. The van der Waals surface area contributed by atoms with Gasteiger partial charge in [-0.1, -0.05) is 25.1 Å². The molecule has 0 spiro atoms. The molecule has 7 nitrogen and oxygen atoms in total. The highest BCUT2D eigenvalue weighted by molar-refractivity contribution is 5.76. The summed E-state index contributed by atoms with van der Waals surface area (Å²) in [7, 11) is 0. The zero-order valence-corrected chi connectivity index (χ0v) is 13.3. The monoisotopic (exact) mass is 315 g/mol. The fraction of sp³-hybridized carbons (Fsp3) is 0.500. The van der Waals surface area contributed by atoms with Crippen LogP contribution in [0.25, 0.3) is 5.69 Å². The number of tetrazole rings is 1. The summed E-state index contributed by atoms with van der Waals surface area (Å²) in [4.78, 5) is 26.8. The number of hydrogen-bond donors (Lipinski definition) is 0. The van der Waals surface area contributed by atoms with Gasteiger partial charge in [0.15, 0.2) is 0 Å². The summed E-state index contributed by atoms with van der Waals surface area (Å²) in [6.45, 7) is 2.80. The summed E-state index contributed by atoms with van der Waals surface area (Å²) in [6.07, 6.45) is 4.16. The molecule has 1 fully saturated rings. The number of nitrogens with zero attached hydrogens (tertiary/aromatic N) is 5. The van der Waals surface area contributed by atoms with Crippen LogP contribution in [0.1, 0.15) is 32.6 Å². The normalized spacial score (nSPS) is 18.1. The summed E-state index contributed by atoms with van der Waals surface area (Å²) in [5.41, 5.74) is 0.246. The summed E-state index contributed by atoms with van der Waals surface area (Å²) in [6, 6.07) is 9.34. The highest BCUT2D eigenvalue weighted by Crippen LogP contribution is 2.19. The standard InChI is InChI=1S/C16H21N5O2/c1-2-13-8-6-7-11-19(13)15(22)12-20-16(23)21(18-17-20)14-9-4-3-5-10-14/h3-5,9-10,13H,2,6-8,11-12H2,1H3/t13-/m1/s1. The Bertz CT molecular complexity index is 722. The fourth-order valence-electron chi connectivity index (χ4n) is 3.08. The Kier molecular flexibility index (Phi) is 4.55. The van der Waals surface area contributed by atoms with E-state index in [1.807, 2.05) is 23.1 Å². The van der Waals surface area contributed by atoms with Crippen LogP contribution in [0.4, 0.5) is 0 Å². The number of para-hydroxylation sites is 1. The van der Waals surface area contributed by atoms with Gasteiger partial charge in [0.25, 0.3) is 0 Å². The third-order valence-corrected chi connectivity index (χ3v) is 4.34. The molecule has 1 saturated heterocycles. The number of hydrogen-bond acceptors (Lipinski definition) is 4. The Morgan fingerprint density at radius 2 is 2.00 bits per heavy atom. The summed E-state index contributed by atoms with van der Waals surface area (Å²) < 4.78 is 2.34. The highest BCUT2D eigenvalue weighted by atomic mass is 16.2. The van der Waals surface area contributed by atoms with E-state index in [0.717, 1.165) is 36.9 Å². The van der Waals surface area contributed by atoms with Crippen molar-refractivity contribution in [2.45, 2.75) is 45.2 Å². The quantitative estimate of drug-likeness (QED) is 0.850. The maximum absolute atomic E-state index is 12.5. The van der Waals surface area contributed by atoms with Gasteiger partial charge in [-0.2, -0.15) is 9.36 Å². The molecule has 2 heterocycles. The Balaban J connectivity index is 1.77. The van der Waals surface area contributed by atoms with Gasteiger partial charge in [-0.25, -0.2) is 4.79 Å². The van der Waals surface area contributed by atoms with Crippen molar-refractivity contribution in [2.24, 2.45) is 0 Å². The van der Waals surface area contributed by atoms with Gasteiger partial charge >= 0.3 is 5.69 Å². The molecule has 1 atom stereocenters. The lowest BCUT2D eigenvalue weighted by Gasteiger charge is -2.35. The van der Waals surface area contributed by atoms with Crippen molar-refractivity contribution in [2.75, 3.05) is 6.54 Å². The van der Waals surface area contributed by atoms with Crippen LogP contribution < -0.4 is 5.69 Å². The second-order valence-electron chi connectivity index (χ2n) is 5.81. The van der Waals surface area contributed by atoms with E-state index in [1.165, 1.54) is 4.68 Å². The van der Waals surface area contributed by atoms with Crippen LogP contribution in [-0.4, -0.2) is 43.2 Å². The Labute approximate surface area is 134 Å². The SMILES string of the molecule is CC[C@@H]1CCCCN1C(=O)Cn1nnn(-c2ccccc2)c1=O. The minimum absolute atomic E-state index is 0.0534. The van der Waals surface area contributed by atoms with Gasteiger partial charge in [0.1, 0.15) is 6.54 Å². The van der Waals surface area contributed by atoms with Crippen molar-refractivity contribution in [1.82, 2.24) is 24.7 Å². The van der Waals surface area contributed by atoms with Gasteiger partial charge in [-0.05, 0) is 48.2 Å². The predicted octanol–water partition coefficient (Wildman–Crippen LogP) is 1.22. The van der Waals surface area contributed by atoms with Crippen molar-refractivity contribution >= 4 is 5.91 Å². The maximum Gasteiger partial charge on any atom is 0.368 e. The van der Waals surface area contributed by atoms with Crippen LogP contribution in [0.5, 0.6) is 0 Å². The highest BCUT2D eigenvalue weighted by Gasteiger charge is 2.26. The molecular weight excluding hydrogens is 294 g/mol. The van der Waals surface area contributed by atoms with Crippen LogP contribution in [0.2, 0.25) is 0 Å². The van der Waals surface area contributed by atoms with E-state index in [1.54, 1.807) is 12.1 Å². The molecule has 0 unspecified atom stereocenters. The molecule has 0 radical (unpaired) electrons. The van der Waals surface area contributed by atoms with Crippen molar-refractivity contribution in [3.63, 3.8) is 0 Å². The first-order chi connectivity index (χ1) is 11.2. The van der Waals surface area contributed by atoms with E-state index in [4.69, 9.17) is 0 Å². The molecule has 1 aliphatic heterocycles. The summed E-state index contributed by atoms with van der Waals surface area (Å²) >= 11 is 0. The van der Waals surface area contributed by atoms with Gasteiger partial charge < -0.3 is 4.90 Å². The lowest BCUT2D eigenvalue weighted by Crippen LogP contribution is -2.46. The minimum atomic E-state index is -0.394. The van der Waals surface area contributed by atoms with Crippen molar-refractivity contribution in [3.8, 4) is 5.69 Å². The molecule has 1 aromatic heterocycles. The lowest BCUT2D eigenvalue weighted by atomic mass is 10.00. The van der Waals surface area contributed by atoms with Gasteiger partial charge in [0, 0.05) is 12.6 Å². The van der Waals surface area contributed by atoms with Crippen LogP contribution in [-0.2, 0) is 11.3 Å². The summed E-state index contributed by atoms with van der Waals surface area (Å²) in [5.74, 6) is -0.0567. The van der Waals surface area contributed by atoms with E-state index in [-0.39, 0.29) is 18.5 Å². The fourth-order valence-corrected chi connectivity index (χ4v) is 3.08. The first-order valence-corrected chi connectivity index (χ1v) is 8.08. The molecular formula is C16H21N5O2. The Hall–Kier alpha value is -2.44. The van der Waals surface area contributed by atoms with Gasteiger partial charge in [-0.15, -0.1) is 0 Å². The topological polar surface area (TPSA) is 73.0 Å². The van der Waals surface area contributed by atoms with E-state index < -0.39 is 5.69 Å². The molecule has 0 bridgehead atoms. The predicted molar refractivity (Wildman–Crippen MR) is 85.3 cm³/mol. The maximum atomic E-state index is 12.5. The molecule has 2 aromatic rings. The minimum Gasteiger partial charge on any atom is -0.338 e. The first kappa shape index (κ1) is 15.5. The molecule has 122 valence electrons. The van der Waals surface area contributed by atoms with Crippen LogP contribution in [0.15, 0.2) is 35.1 Å². The van der Waals surface area contributed by atoms with Crippen LogP contribution in [0, 0.1) is 0 Å². The molecule has 3 rings (SSSR count). The molecule has 1 amide bonds. The Morgan fingerprint density at radius 1 is 1.22 bits per heavy atom. The Morgan fingerprint density at radius 3 is 2.74 bits per heavy atom. The van der Waals surface area contributed by atoms with Gasteiger partial charge in [0.2, 0.25) is 5.91 Å². The molecule has 0 N–H and O–H groups in total. The van der Waals surface area contributed by atoms with Crippen LogP contribution in [0.3, 0.4) is 0 Å². The molecule has 1 aromatic carbocycles. The number of carbonyl (C=O) groups excluding carboxylic acids is 1. The van der Waals surface area contributed by atoms with Crippen molar-refractivity contribution < 1.29 is 4.79 Å². The number of aromatic nitrogens is 4. The molecule has 23 heavy (non-hydrogen) atoms.